The second-order valence-corrected chi connectivity index (χ2v) is 7.90. The van der Waals surface area contributed by atoms with E-state index in [4.69, 9.17) is 9.47 Å². The Bertz CT molecular complexity index is 755. The van der Waals surface area contributed by atoms with E-state index in [2.05, 4.69) is 16.8 Å². The average molecular weight is 404 g/mol. The number of amides is 1. The van der Waals surface area contributed by atoms with E-state index in [9.17, 15) is 9.59 Å². The maximum atomic E-state index is 12.6. The highest BCUT2D eigenvalue weighted by molar-refractivity contribution is 7.09. The van der Waals surface area contributed by atoms with Gasteiger partial charge in [0.05, 0.1) is 17.0 Å². The minimum atomic E-state index is -0.358. The largest absolute Gasteiger partial charge is 0.462 e. The zero-order valence-corrected chi connectivity index (χ0v) is 16.9. The minimum Gasteiger partial charge on any atom is -0.462 e. The van der Waals surface area contributed by atoms with Crippen molar-refractivity contribution in [1.82, 2.24) is 0 Å². The summed E-state index contributed by atoms with van der Waals surface area (Å²) in [5, 5.41) is 4.99. The fraction of sp³-hybridized carbons (Fsp3) is 0.429. The van der Waals surface area contributed by atoms with Gasteiger partial charge < -0.3 is 19.7 Å². The van der Waals surface area contributed by atoms with Crippen molar-refractivity contribution in [2.45, 2.75) is 32.4 Å². The predicted molar refractivity (Wildman–Crippen MR) is 109 cm³/mol. The highest BCUT2D eigenvalue weighted by Crippen LogP contribution is 2.12. The highest BCUT2D eigenvalue weighted by Gasteiger charge is 2.24. The number of thiophene rings is 1. The van der Waals surface area contributed by atoms with Crippen LogP contribution in [0, 0.1) is 0 Å². The highest BCUT2D eigenvalue weighted by atomic mass is 32.1. The lowest BCUT2D eigenvalue weighted by atomic mass is 10.2. The molecular formula is C21H27N2O4S+. The summed E-state index contributed by atoms with van der Waals surface area (Å²) in [6, 6.07) is 10.9. The molecule has 1 saturated heterocycles. The van der Waals surface area contributed by atoms with Gasteiger partial charge in [0.2, 0.25) is 0 Å². The Kier molecular flexibility index (Phi) is 7.59. The van der Waals surface area contributed by atoms with Gasteiger partial charge in [-0.25, -0.2) is 4.79 Å². The lowest BCUT2D eigenvalue weighted by molar-refractivity contribution is -0.908. The summed E-state index contributed by atoms with van der Waals surface area (Å²) in [4.78, 5) is 26.8. The van der Waals surface area contributed by atoms with E-state index in [1.165, 1.54) is 9.78 Å². The number of quaternary nitrogens is 1. The first-order valence-electron chi connectivity index (χ1n) is 9.68. The molecule has 2 aromatic rings. The normalized spacial score (nSPS) is 17.2. The molecule has 1 unspecified atom stereocenters. The summed E-state index contributed by atoms with van der Waals surface area (Å²) in [5.41, 5.74) is 1.15. The Morgan fingerprint density at radius 2 is 2.11 bits per heavy atom. The molecule has 0 saturated carbocycles. The summed E-state index contributed by atoms with van der Waals surface area (Å²) in [5.74, 6) is -0.406. The summed E-state index contributed by atoms with van der Waals surface area (Å²) in [6.07, 6.45) is 2.38. The van der Waals surface area contributed by atoms with Crippen LogP contribution in [0.25, 0.3) is 0 Å². The van der Waals surface area contributed by atoms with E-state index in [-0.39, 0.29) is 18.0 Å². The number of hydrogen-bond donors (Lipinski definition) is 2. The van der Waals surface area contributed by atoms with Crippen LogP contribution < -0.4 is 10.2 Å². The standard InChI is InChI=1S/C21H26N2O4S/c1-2-26-21(25)16-7-9-17(10-8-16)22-20(24)15-23(13-18-5-3-11-27-18)14-19-6-4-12-28-19/h4,6-10,12,18H,2-3,5,11,13-15H2,1H3,(H,22,24)/p+1/t18-/m0/s1. The number of benzene rings is 1. The van der Waals surface area contributed by atoms with E-state index in [1.54, 1.807) is 42.5 Å². The number of anilines is 1. The number of rotatable bonds is 9. The number of carbonyl (C=O) groups excluding carboxylic acids is 2. The first-order valence-corrected chi connectivity index (χ1v) is 10.6. The van der Waals surface area contributed by atoms with Crippen molar-refractivity contribution in [2.75, 3.05) is 31.6 Å². The van der Waals surface area contributed by atoms with Crippen LogP contribution in [-0.2, 0) is 20.8 Å². The first kappa shape index (κ1) is 20.5. The van der Waals surface area contributed by atoms with Crippen molar-refractivity contribution in [1.29, 1.82) is 0 Å². The Morgan fingerprint density at radius 3 is 2.75 bits per heavy atom. The van der Waals surface area contributed by atoms with Crippen molar-refractivity contribution in [2.24, 2.45) is 0 Å². The van der Waals surface area contributed by atoms with Crippen molar-refractivity contribution in [3.8, 4) is 0 Å². The second-order valence-electron chi connectivity index (χ2n) is 6.87. The maximum Gasteiger partial charge on any atom is 0.338 e. The molecule has 0 radical (unpaired) electrons. The Labute approximate surface area is 169 Å². The number of carbonyl (C=O) groups is 2. The molecule has 1 fully saturated rings. The third-order valence-corrected chi connectivity index (χ3v) is 5.51. The van der Waals surface area contributed by atoms with Crippen molar-refractivity contribution >= 4 is 28.9 Å². The molecule has 2 atom stereocenters. The topological polar surface area (TPSA) is 69.1 Å². The summed E-state index contributed by atoms with van der Waals surface area (Å²) < 4.78 is 10.7. The molecule has 1 aromatic heterocycles. The smallest absolute Gasteiger partial charge is 0.338 e. The molecule has 1 aliphatic heterocycles. The lowest BCUT2D eigenvalue weighted by Crippen LogP contribution is -3.12. The Balaban J connectivity index is 1.56. The molecule has 1 aliphatic rings. The van der Waals surface area contributed by atoms with Crippen LogP contribution in [0.1, 0.15) is 35.0 Å². The van der Waals surface area contributed by atoms with Crippen LogP contribution in [-0.4, -0.2) is 44.3 Å². The number of esters is 1. The molecule has 0 aliphatic carbocycles. The van der Waals surface area contributed by atoms with Crippen LogP contribution in [0.2, 0.25) is 0 Å². The van der Waals surface area contributed by atoms with Gasteiger partial charge in [-0.1, -0.05) is 6.07 Å². The predicted octanol–water partition coefficient (Wildman–Crippen LogP) is 2.13. The van der Waals surface area contributed by atoms with Gasteiger partial charge in [0.25, 0.3) is 5.91 Å². The van der Waals surface area contributed by atoms with Crippen LogP contribution in [0.4, 0.5) is 5.69 Å². The Hall–Kier alpha value is -2.22. The molecule has 3 rings (SSSR count). The Morgan fingerprint density at radius 1 is 1.29 bits per heavy atom. The fourth-order valence-corrected chi connectivity index (χ4v) is 4.11. The first-order chi connectivity index (χ1) is 13.6. The van der Waals surface area contributed by atoms with Gasteiger partial charge in [-0.15, -0.1) is 11.3 Å². The zero-order chi connectivity index (χ0) is 19.8. The molecule has 6 nitrogen and oxygen atoms in total. The quantitative estimate of drug-likeness (QED) is 0.630. The minimum absolute atomic E-state index is 0.0477. The average Bonchev–Trinajstić information content (AvgIpc) is 3.36. The summed E-state index contributed by atoms with van der Waals surface area (Å²) >= 11 is 1.71. The second kappa shape index (κ2) is 10.4. The number of hydrogen-bond acceptors (Lipinski definition) is 5. The maximum absolute atomic E-state index is 12.6. The molecular weight excluding hydrogens is 376 g/mol. The number of ether oxygens (including phenoxy) is 2. The monoisotopic (exact) mass is 403 g/mol. The van der Waals surface area contributed by atoms with E-state index in [1.807, 2.05) is 6.07 Å². The van der Waals surface area contributed by atoms with Gasteiger partial charge in [-0.05, 0) is 55.5 Å². The summed E-state index contributed by atoms with van der Waals surface area (Å²) in [6.45, 7) is 4.94. The molecule has 28 heavy (non-hydrogen) atoms. The summed E-state index contributed by atoms with van der Waals surface area (Å²) in [7, 11) is 0. The van der Waals surface area contributed by atoms with Crippen molar-refractivity contribution < 1.29 is 24.0 Å². The fourth-order valence-electron chi connectivity index (χ4n) is 3.33. The van der Waals surface area contributed by atoms with Crippen LogP contribution in [0.3, 0.4) is 0 Å². The SMILES string of the molecule is CCOC(=O)c1ccc(NC(=O)C[NH+](Cc2cccs2)C[C@@H]2CCCO2)cc1. The van der Waals surface area contributed by atoms with Gasteiger partial charge in [-0.2, -0.15) is 0 Å². The van der Waals surface area contributed by atoms with Crippen molar-refractivity contribution in [3.63, 3.8) is 0 Å². The molecule has 7 heteroatoms. The van der Waals surface area contributed by atoms with Gasteiger partial charge in [0, 0.05) is 12.3 Å². The third kappa shape index (κ3) is 6.15. The van der Waals surface area contributed by atoms with E-state index < -0.39 is 0 Å². The number of nitrogens with one attached hydrogen (secondary N) is 2. The molecule has 1 aromatic carbocycles. The molecule has 150 valence electrons. The lowest BCUT2D eigenvalue weighted by Gasteiger charge is -2.21. The zero-order valence-electron chi connectivity index (χ0n) is 16.1. The van der Waals surface area contributed by atoms with E-state index in [0.29, 0.717) is 24.4 Å². The molecule has 1 amide bonds. The molecule has 0 bridgehead atoms. The van der Waals surface area contributed by atoms with Crippen molar-refractivity contribution in [3.05, 3.63) is 52.2 Å². The third-order valence-electron chi connectivity index (χ3n) is 4.64. The van der Waals surface area contributed by atoms with Crippen LogP contribution in [0.5, 0.6) is 0 Å². The van der Waals surface area contributed by atoms with Gasteiger partial charge in [0.15, 0.2) is 6.54 Å². The van der Waals surface area contributed by atoms with E-state index in [0.717, 1.165) is 32.5 Å². The van der Waals surface area contributed by atoms with Crippen LogP contribution >= 0.6 is 11.3 Å². The molecule has 2 N–H and O–H groups in total. The van der Waals surface area contributed by atoms with Gasteiger partial charge >= 0.3 is 5.97 Å². The van der Waals surface area contributed by atoms with E-state index >= 15 is 0 Å². The van der Waals surface area contributed by atoms with Gasteiger partial charge in [-0.3, -0.25) is 4.79 Å². The molecule has 2 heterocycles. The molecule has 0 spiro atoms. The van der Waals surface area contributed by atoms with Crippen LogP contribution in [0.15, 0.2) is 41.8 Å². The van der Waals surface area contributed by atoms with Gasteiger partial charge in [0.1, 0.15) is 19.2 Å².